The van der Waals surface area contributed by atoms with Crippen LogP contribution < -0.4 is 0 Å². The summed E-state index contributed by atoms with van der Waals surface area (Å²) in [4.78, 5) is 28.4. The number of carbonyl (C=O) groups is 2. The van der Waals surface area contributed by atoms with E-state index in [1.165, 1.54) is 14.2 Å². The van der Waals surface area contributed by atoms with Crippen LogP contribution in [0.4, 0.5) is 0 Å². The van der Waals surface area contributed by atoms with E-state index in [2.05, 4.69) is 12.1 Å². The lowest BCUT2D eigenvalue weighted by Gasteiger charge is -2.47. The molecule has 8 heteroatoms. The van der Waals surface area contributed by atoms with Crippen molar-refractivity contribution in [2.45, 2.75) is 36.4 Å². The van der Waals surface area contributed by atoms with Gasteiger partial charge in [0, 0.05) is 26.7 Å². The number of aliphatic carboxylic acids is 1. The van der Waals surface area contributed by atoms with Gasteiger partial charge >= 0.3 is 11.9 Å². The number of esters is 1. The molecule has 0 radical (unpaired) electrons. The molecule has 0 saturated carbocycles. The summed E-state index contributed by atoms with van der Waals surface area (Å²) in [6, 6.07) is 45.3. The highest BCUT2D eigenvalue weighted by atomic mass is 16.9. The van der Waals surface area contributed by atoms with Crippen LogP contribution in [0.1, 0.15) is 46.6 Å². The number of likely N-dealkylation sites (tertiary alicyclic amines) is 1. The van der Waals surface area contributed by atoms with Gasteiger partial charge in [0.05, 0.1) is 6.04 Å². The second kappa shape index (κ2) is 15.2. The smallest absolute Gasteiger partial charge is 0.321 e. The molecular formula is C44H43NO7. The van der Waals surface area contributed by atoms with Gasteiger partial charge in [-0.25, -0.2) is 0 Å². The molecule has 1 aliphatic carbocycles. The van der Waals surface area contributed by atoms with Crippen molar-refractivity contribution in [2.24, 2.45) is 5.92 Å². The number of hydrogen-bond donors (Lipinski definition) is 1. The van der Waals surface area contributed by atoms with Crippen molar-refractivity contribution < 1.29 is 33.6 Å². The minimum Gasteiger partial charge on any atom is -0.481 e. The Labute approximate surface area is 304 Å². The number of carboxylic acids is 1. The molecule has 7 rings (SSSR count). The molecule has 266 valence electrons. The normalized spacial score (nSPS) is 16.6. The summed E-state index contributed by atoms with van der Waals surface area (Å²) in [6.07, 6.45) is 1.29. The van der Waals surface area contributed by atoms with Crippen molar-refractivity contribution in [1.82, 2.24) is 4.90 Å². The summed E-state index contributed by atoms with van der Waals surface area (Å²) < 4.78 is 25.7. The van der Waals surface area contributed by atoms with Gasteiger partial charge in [-0.2, -0.15) is 0 Å². The molecule has 1 fully saturated rings. The molecule has 0 amide bonds. The lowest BCUT2D eigenvalue weighted by molar-refractivity contribution is -0.407. The Balaban J connectivity index is 1.18. The summed E-state index contributed by atoms with van der Waals surface area (Å²) in [5, 5.41) is 10.4. The Morgan fingerprint density at radius 1 is 0.712 bits per heavy atom. The second-order valence-electron chi connectivity index (χ2n) is 13.3. The molecule has 2 atom stereocenters. The number of fused-ring (bicyclic) bond motifs is 3. The topological polar surface area (TPSA) is 94.5 Å². The summed E-state index contributed by atoms with van der Waals surface area (Å²) in [7, 11) is 3.07. The quantitative estimate of drug-likeness (QED) is 0.0553. The van der Waals surface area contributed by atoms with Crippen LogP contribution in [0.3, 0.4) is 0 Å². The largest absolute Gasteiger partial charge is 0.481 e. The third kappa shape index (κ3) is 6.44. The molecule has 1 N–H and O–H groups in total. The molecule has 8 nitrogen and oxygen atoms in total. The van der Waals surface area contributed by atoms with E-state index in [1.54, 1.807) is 0 Å². The Morgan fingerprint density at radius 2 is 1.17 bits per heavy atom. The molecular weight excluding hydrogens is 654 g/mol. The van der Waals surface area contributed by atoms with E-state index in [-0.39, 0.29) is 19.1 Å². The lowest BCUT2D eigenvalue weighted by atomic mass is 9.80. The number of methoxy groups -OCH3 is 2. The fourth-order valence-corrected chi connectivity index (χ4v) is 8.05. The van der Waals surface area contributed by atoms with Gasteiger partial charge in [0.1, 0.15) is 12.2 Å². The van der Waals surface area contributed by atoms with Crippen molar-refractivity contribution in [1.29, 1.82) is 0 Å². The zero-order valence-corrected chi connectivity index (χ0v) is 29.4. The van der Waals surface area contributed by atoms with Crippen LogP contribution in [0.2, 0.25) is 0 Å². The Kier molecular flexibility index (Phi) is 10.3. The first-order valence-corrected chi connectivity index (χ1v) is 17.7. The van der Waals surface area contributed by atoms with Crippen LogP contribution in [0, 0.1) is 5.92 Å². The van der Waals surface area contributed by atoms with Crippen LogP contribution in [0.5, 0.6) is 0 Å². The van der Waals surface area contributed by atoms with Crippen molar-refractivity contribution in [3.63, 3.8) is 0 Å². The van der Waals surface area contributed by atoms with Gasteiger partial charge in [0.15, 0.2) is 5.92 Å². The highest BCUT2D eigenvalue weighted by molar-refractivity contribution is 5.94. The third-order valence-electron chi connectivity index (χ3n) is 10.5. The van der Waals surface area contributed by atoms with Crippen molar-refractivity contribution in [3.8, 4) is 11.1 Å². The van der Waals surface area contributed by atoms with Gasteiger partial charge < -0.3 is 24.1 Å². The number of carbonyl (C=O) groups excluding carboxylic acids is 1. The van der Waals surface area contributed by atoms with E-state index >= 15 is 0 Å². The van der Waals surface area contributed by atoms with E-state index in [0.717, 1.165) is 38.9 Å². The molecule has 0 spiro atoms. The first-order valence-electron chi connectivity index (χ1n) is 17.7. The number of nitrogens with zero attached hydrogens (tertiary/aromatic N) is 1. The minimum atomic E-state index is -1.68. The van der Waals surface area contributed by atoms with E-state index < -0.39 is 35.5 Å². The molecule has 5 aromatic rings. The molecule has 1 aliphatic heterocycles. The molecule has 1 unspecified atom stereocenters. The Morgan fingerprint density at radius 3 is 1.63 bits per heavy atom. The molecule has 1 saturated heterocycles. The zero-order chi connectivity index (χ0) is 36.1. The minimum absolute atomic E-state index is 0.0387. The van der Waals surface area contributed by atoms with Crippen molar-refractivity contribution in [3.05, 3.63) is 167 Å². The fraction of sp³-hybridized carbons (Fsp3) is 0.273. The van der Waals surface area contributed by atoms with Gasteiger partial charge in [-0.1, -0.05) is 140 Å². The first kappa shape index (κ1) is 35.3. The first-order chi connectivity index (χ1) is 25.4. The fourth-order valence-electron chi connectivity index (χ4n) is 8.05. The highest BCUT2D eigenvalue weighted by Crippen LogP contribution is 2.47. The summed E-state index contributed by atoms with van der Waals surface area (Å²) in [5.74, 6) is -5.34. The van der Waals surface area contributed by atoms with Crippen LogP contribution in [-0.2, 0) is 34.1 Å². The van der Waals surface area contributed by atoms with Gasteiger partial charge in [-0.05, 0) is 58.3 Å². The van der Waals surface area contributed by atoms with Crippen molar-refractivity contribution in [2.75, 3.05) is 33.9 Å². The Hall–Kier alpha value is -5.12. The second-order valence-corrected chi connectivity index (χ2v) is 13.3. The van der Waals surface area contributed by atoms with E-state index in [0.29, 0.717) is 19.4 Å². The maximum atomic E-state index is 13.7. The molecule has 2 aliphatic rings. The maximum Gasteiger partial charge on any atom is 0.321 e. The van der Waals surface area contributed by atoms with Crippen LogP contribution in [-0.4, -0.2) is 67.9 Å². The Bertz CT molecular complexity index is 1840. The maximum absolute atomic E-state index is 13.7. The van der Waals surface area contributed by atoms with Crippen molar-refractivity contribution >= 4 is 11.9 Å². The number of hydrogen-bond acceptors (Lipinski definition) is 7. The van der Waals surface area contributed by atoms with Crippen LogP contribution in [0.25, 0.3) is 11.1 Å². The van der Waals surface area contributed by atoms with Gasteiger partial charge in [-0.15, -0.1) is 0 Å². The average Bonchev–Trinajstić information content (AvgIpc) is 3.80. The van der Waals surface area contributed by atoms with Crippen LogP contribution >= 0.6 is 0 Å². The molecule has 5 aromatic carbocycles. The molecule has 52 heavy (non-hydrogen) atoms. The monoisotopic (exact) mass is 697 g/mol. The van der Waals surface area contributed by atoms with Gasteiger partial charge in [0.25, 0.3) is 5.97 Å². The molecule has 1 heterocycles. The SMILES string of the molecule is COC(OC)(OC(c1ccccc1)(c1ccccc1)c1ccccc1)[C@@H]1CCCN1CC(C(=O)O)C(=O)OCC1c2ccccc2-c2ccccc21. The third-order valence-corrected chi connectivity index (χ3v) is 10.5. The molecule has 0 bridgehead atoms. The van der Waals surface area contributed by atoms with E-state index in [1.807, 2.05) is 132 Å². The number of carboxylic acid groups (broad SMARTS) is 1. The lowest BCUT2D eigenvalue weighted by Crippen LogP contribution is -2.59. The van der Waals surface area contributed by atoms with E-state index in [9.17, 15) is 14.7 Å². The van der Waals surface area contributed by atoms with Gasteiger partial charge in [-0.3, -0.25) is 14.5 Å². The number of rotatable bonds is 14. The van der Waals surface area contributed by atoms with Gasteiger partial charge in [0.2, 0.25) is 0 Å². The standard InChI is InChI=1S/C44H43NO7/c1-49-44(50-2,52-43(31-17-6-3-7-18-31,32-19-8-4-9-20-32)33-21-10-5-11-22-33)40-27-16-28-45(40)29-38(41(46)47)42(48)51-30-39-36-25-14-12-23-34(36)35-24-13-15-26-37(35)39/h3-15,17-26,38-40H,16,27-30H2,1-2H3,(H,46,47)/t38?,40-/m0/s1. The number of benzene rings is 5. The molecule has 0 aromatic heterocycles. The highest BCUT2D eigenvalue weighted by Gasteiger charge is 2.54. The zero-order valence-electron chi connectivity index (χ0n) is 29.4. The predicted molar refractivity (Wildman–Crippen MR) is 197 cm³/mol. The average molecular weight is 698 g/mol. The van der Waals surface area contributed by atoms with E-state index in [4.69, 9.17) is 18.9 Å². The predicted octanol–water partition coefficient (Wildman–Crippen LogP) is 7.46. The summed E-state index contributed by atoms with van der Waals surface area (Å²) >= 11 is 0. The summed E-state index contributed by atoms with van der Waals surface area (Å²) in [5.41, 5.74) is 5.70. The summed E-state index contributed by atoms with van der Waals surface area (Å²) in [6.45, 7) is 0.443. The number of ether oxygens (including phenoxy) is 4. The van der Waals surface area contributed by atoms with Crippen LogP contribution in [0.15, 0.2) is 140 Å².